The third-order valence-electron chi connectivity index (χ3n) is 4.08. The molecule has 2 N–H and O–H groups in total. The first-order chi connectivity index (χ1) is 9.30. The molecule has 0 heterocycles. The van der Waals surface area contributed by atoms with Gasteiger partial charge < -0.3 is 15.1 Å². The van der Waals surface area contributed by atoms with Gasteiger partial charge in [0, 0.05) is 18.3 Å². The zero-order valence-electron chi connectivity index (χ0n) is 11.8. The Morgan fingerprint density at radius 3 is 2.40 bits per heavy atom. The molecule has 0 saturated heterocycles. The van der Waals surface area contributed by atoms with Gasteiger partial charge in [-0.1, -0.05) is 19.9 Å². The fraction of sp³-hybridized carbons (Fsp3) is 0.467. The molecule has 1 saturated carbocycles. The summed E-state index contributed by atoms with van der Waals surface area (Å²) >= 11 is 0. The van der Waals surface area contributed by atoms with Gasteiger partial charge in [0.1, 0.15) is 5.75 Å². The number of carbonyl (C=O) groups is 2. The SMILES string of the molecule is CCN(C(=O)[C@H]1[C@@H](C(=O)O)C1(C)C)c1cccc(O)c1. The molecule has 0 aliphatic heterocycles. The van der Waals surface area contributed by atoms with Crippen molar-refractivity contribution in [3.63, 3.8) is 0 Å². The van der Waals surface area contributed by atoms with Crippen LogP contribution in [0.2, 0.25) is 0 Å². The molecule has 5 nitrogen and oxygen atoms in total. The zero-order valence-corrected chi connectivity index (χ0v) is 11.8. The Balaban J connectivity index is 2.26. The van der Waals surface area contributed by atoms with E-state index in [1.165, 1.54) is 17.0 Å². The van der Waals surface area contributed by atoms with Crippen LogP contribution in [-0.4, -0.2) is 28.6 Å². The molecule has 0 unspecified atom stereocenters. The van der Waals surface area contributed by atoms with Gasteiger partial charge in [-0.25, -0.2) is 0 Å². The van der Waals surface area contributed by atoms with Crippen molar-refractivity contribution in [2.24, 2.45) is 17.3 Å². The Kier molecular flexibility index (Phi) is 3.46. The number of anilines is 1. The molecule has 1 fully saturated rings. The summed E-state index contributed by atoms with van der Waals surface area (Å²) in [5.41, 5.74) is 0.0667. The minimum absolute atomic E-state index is 0.0820. The number of nitrogens with zero attached hydrogens (tertiary/aromatic N) is 1. The first-order valence-corrected chi connectivity index (χ1v) is 6.64. The Labute approximate surface area is 117 Å². The van der Waals surface area contributed by atoms with E-state index in [0.717, 1.165) is 0 Å². The molecule has 2 rings (SSSR count). The number of carboxylic acid groups (broad SMARTS) is 1. The van der Waals surface area contributed by atoms with Gasteiger partial charge in [-0.2, -0.15) is 0 Å². The lowest BCUT2D eigenvalue weighted by molar-refractivity contribution is -0.140. The third-order valence-corrected chi connectivity index (χ3v) is 4.08. The molecule has 1 amide bonds. The second-order valence-electron chi connectivity index (χ2n) is 5.72. The number of carbonyl (C=O) groups excluding carboxylic acids is 1. The molecule has 1 aliphatic rings. The van der Waals surface area contributed by atoms with Crippen molar-refractivity contribution in [1.82, 2.24) is 0 Å². The average Bonchev–Trinajstić information content (AvgIpc) is 2.93. The van der Waals surface area contributed by atoms with E-state index >= 15 is 0 Å². The first-order valence-electron chi connectivity index (χ1n) is 6.64. The summed E-state index contributed by atoms with van der Waals surface area (Å²) in [6.45, 7) is 5.85. The highest BCUT2D eigenvalue weighted by Crippen LogP contribution is 2.59. The lowest BCUT2D eigenvalue weighted by atomic mass is 10.1. The van der Waals surface area contributed by atoms with Crippen LogP contribution < -0.4 is 4.90 Å². The van der Waals surface area contributed by atoms with E-state index < -0.39 is 23.2 Å². The lowest BCUT2D eigenvalue weighted by Crippen LogP contribution is -2.33. The fourth-order valence-corrected chi connectivity index (χ4v) is 2.85. The molecule has 20 heavy (non-hydrogen) atoms. The quantitative estimate of drug-likeness (QED) is 0.883. The summed E-state index contributed by atoms with van der Waals surface area (Å²) in [5, 5.41) is 18.7. The summed E-state index contributed by atoms with van der Waals surface area (Å²) in [6, 6.07) is 6.43. The first kappa shape index (κ1) is 14.4. The van der Waals surface area contributed by atoms with E-state index in [2.05, 4.69) is 0 Å². The predicted molar refractivity (Wildman–Crippen MR) is 74.5 cm³/mol. The number of carboxylic acids is 1. The highest BCUT2D eigenvalue weighted by atomic mass is 16.4. The molecule has 0 radical (unpaired) electrons. The minimum Gasteiger partial charge on any atom is -0.508 e. The predicted octanol–water partition coefficient (Wildman–Crippen LogP) is 2.10. The van der Waals surface area contributed by atoms with Crippen molar-refractivity contribution in [3.05, 3.63) is 24.3 Å². The monoisotopic (exact) mass is 277 g/mol. The number of amides is 1. The Bertz CT molecular complexity index is 553. The molecule has 0 aromatic heterocycles. The van der Waals surface area contributed by atoms with E-state index in [9.17, 15) is 14.7 Å². The van der Waals surface area contributed by atoms with Gasteiger partial charge >= 0.3 is 5.97 Å². The van der Waals surface area contributed by atoms with Gasteiger partial charge in [0.15, 0.2) is 0 Å². The minimum atomic E-state index is -0.930. The maximum absolute atomic E-state index is 12.6. The number of rotatable bonds is 4. The van der Waals surface area contributed by atoms with Gasteiger partial charge in [-0.3, -0.25) is 9.59 Å². The van der Waals surface area contributed by atoms with Gasteiger partial charge in [-0.15, -0.1) is 0 Å². The van der Waals surface area contributed by atoms with Crippen molar-refractivity contribution in [2.75, 3.05) is 11.4 Å². The molecular formula is C15H19NO4. The third kappa shape index (κ3) is 2.24. The van der Waals surface area contributed by atoms with Crippen LogP contribution in [0.1, 0.15) is 20.8 Å². The van der Waals surface area contributed by atoms with Crippen molar-refractivity contribution in [3.8, 4) is 5.75 Å². The van der Waals surface area contributed by atoms with Crippen molar-refractivity contribution in [1.29, 1.82) is 0 Å². The van der Waals surface area contributed by atoms with Gasteiger partial charge in [0.25, 0.3) is 0 Å². The van der Waals surface area contributed by atoms with E-state index in [-0.39, 0.29) is 11.7 Å². The van der Waals surface area contributed by atoms with Crippen molar-refractivity contribution < 1.29 is 19.8 Å². The summed E-state index contributed by atoms with van der Waals surface area (Å²) in [7, 11) is 0. The van der Waals surface area contributed by atoms with Crippen LogP contribution in [0.25, 0.3) is 0 Å². The summed E-state index contributed by atoms with van der Waals surface area (Å²) in [6.07, 6.45) is 0. The number of hydrogen-bond acceptors (Lipinski definition) is 3. The number of phenols is 1. The zero-order chi connectivity index (χ0) is 15.1. The number of benzene rings is 1. The smallest absolute Gasteiger partial charge is 0.307 e. The highest BCUT2D eigenvalue weighted by molar-refractivity contribution is 6.01. The van der Waals surface area contributed by atoms with Crippen LogP contribution >= 0.6 is 0 Å². The Morgan fingerprint density at radius 1 is 1.30 bits per heavy atom. The second kappa shape index (κ2) is 4.81. The number of phenolic OH excluding ortho intramolecular Hbond substituents is 1. The normalized spacial score (nSPS) is 23.1. The van der Waals surface area contributed by atoms with Gasteiger partial charge in [0.2, 0.25) is 5.91 Å². The standard InChI is InChI=1S/C15H19NO4/c1-4-16(9-6-5-7-10(17)8-9)13(18)11-12(14(19)20)15(11,2)3/h5-8,11-12,17H,4H2,1-3H3,(H,19,20)/t11-,12+/m1/s1. The molecule has 1 aromatic carbocycles. The van der Waals surface area contributed by atoms with Crippen LogP contribution in [-0.2, 0) is 9.59 Å². The van der Waals surface area contributed by atoms with Gasteiger partial charge in [0.05, 0.1) is 11.8 Å². The average molecular weight is 277 g/mol. The number of hydrogen-bond donors (Lipinski definition) is 2. The van der Waals surface area contributed by atoms with Crippen LogP contribution in [0.5, 0.6) is 5.75 Å². The molecule has 5 heteroatoms. The van der Waals surface area contributed by atoms with E-state index in [1.807, 2.05) is 6.92 Å². The largest absolute Gasteiger partial charge is 0.508 e. The number of aromatic hydroxyl groups is 1. The molecule has 0 bridgehead atoms. The molecule has 108 valence electrons. The Morgan fingerprint density at radius 2 is 1.95 bits per heavy atom. The lowest BCUT2D eigenvalue weighted by Gasteiger charge is -2.22. The van der Waals surface area contributed by atoms with Crippen molar-refractivity contribution in [2.45, 2.75) is 20.8 Å². The summed E-state index contributed by atoms with van der Waals surface area (Å²) in [4.78, 5) is 25.3. The summed E-state index contributed by atoms with van der Waals surface area (Å²) < 4.78 is 0. The summed E-state index contributed by atoms with van der Waals surface area (Å²) in [5.74, 6) is -2.20. The van der Waals surface area contributed by atoms with E-state index in [4.69, 9.17) is 5.11 Å². The highest BCUT2D eigenvalue weighted by Gasteiger charge is 2.66. The van der Waals surface area contributed by atoms with Crippen LogP contribution in [0, 0.1) is 17.3 Å². The fourth-order valence-electron chi connectivity index (χ4n) is 2.85. The maximum atomic E-state index is 12.6. The van der Waals surface area contributed by atoms with Crippen LogP contribution in [0.3, 0.4) is 0 Å². The molecule has 1 aromatic rings. The molecule has 1 aliphatic carbocycles. The van der Waals surface area contributed by atoms with E-state index in [0.29, 0.717) is 12.2 Å². The van der Waals surface area contributed by atoms with Gasteiger partial charge in [-0.05, 0) is 24.5 Å². The van der Waals surface area contributed by atoms with E-state index in [1.54, 1.807) is 26.0 Å². The topological polar surface area (TPSA) is 77.8 Å². The molecular weight excluding hydrogens is 258 g/mol. The van der Waals surface area contributed by atoms with Crippen LogP contribution in [0.15, 0.2) is 24.3 Å². The van der Waals surface area contributed by atoms with Crippen molar-refractivity contribution >= 4 is 17.6 Å². The second-order valence-corrected chi connectivity index (χ2v) is 5.72. The Hall–Kier alpha value is -2.04. The molecule has 2 atom stereocenters. The van der Waals surface area contributed by atoms with Crippen LogP contribution in [0.4, 0.5) is 5.69 Å². The number of aliphatic carboxylic acids is 1. The molecule has 0 spiro atoms. The maximum Gasteiger partial charge on any atom is 0.307 e.